The second kappa shape index (κ2) is 11.1. The molecule has 1 aliphatic rings. The van der Waals surface area contributed by atoms with E-state index in [2.05, 4.69) is 47.4 Å². The number of ether oxygens (including phenoxy) is 1. The van der Waals surface area contributed by atoms with Gasteiger partial charge in [-0.2, -0.15) is 0 Å². The predicted molar refractivity (Wildman–Crippen MR) is 114 cm³/mol. The summed E-state index contributed by atoms with van der Waals surface area (Å²) in [5.74, 6) is 1.25. The largest absolute Gasteiger partial charge is 0.493 e. The van der Waals surface area contributed by atoms with Gasteiger partial charge in [0, 0.05) is 17.2 Å². The second-order valence-corrected chi connectivity index (χ2v) is 8.24. The van der Waals surface area contributed by atoms with Crippen LogP contribution in [-0.2, 0) is 17.0 Å². The maximum absolute atomic E-state index is 10.9. The van der Waals surface area contributed by atoms with Crippen molar-refractivity contribution in [1.82, 2.24) is 4.90 Å². The van der Waals surface area contributed by atoms with E-state index in [0.717, 1.165) is 50.3 Å². The minimum absolute atomic E-state index is 0.217. The highest BCUT2D eigenvalue weighted by atomic mass is 32.2. The number of fused-ring (bicyclic) bond motifs is 1. The molecule has 1 heterocycles. The summed E-state index contributed by atoms with van der Waals surface area (Å²) in [4.78, 5) is 14.4. The number of benzene rings is 2. The first kappa shape index (κ1) is 20.7. The van der Waals surface area contributed by atoms with Crippen molar-refractivity contribution in [3.05, 3.63) is 59.7 Å². The number of carboxylic acids is 1. The van der Waals surface area contributed by atoms with Crippen molar-refractivity contribution in [2.45, 2.75) is 42.8 Å². The predicted octanol–water partition coefficient (Wildman–Crippen LogP) is 4.86. The van der Waals surface area contributed by atoms with Gasteiger partial charge in [0.2, 0.25) is 0 Å². The first-order valence-corrected chi connectivity index (χ1v) is 11.1. The average Bonchev–Trinajstić information content (AvgIpc) is 2.75. The number of carboxylic acid groups (broad SMARTS) is 1. The molecular weight excluding hydrogens is 370 g/mol. The molecular formula is C23H29NO3S. The molecule has 0 spiro atoms. The van der Waals surface area contributed by atoms with Gasteiger partial charge in [0.15, 0.2) is 0 Å². The maximum Gasteiger partial charge on any atom is 0.304 e. The quantitative estimate of drug-likeness (QED) is 0.703. The van der Waals surface area contributed by atoms with Crippen LogP contribution in [0, 0.1) is 0 Å². The van der Waals surface area contributed by atoms with E-state index in [4.69, 9.17) is 9.84 Å². The molecule has 0 saturated carbocycles. The fourth-order valence-corrected chi connectivity index (χ4v) is 4.29. The zero-order valence-corrected chi connectivity index (χ0v) is 17.1. The normalized spacial score (nSPS) is 15.9. The van der Waals surface area contributed by atoms with Crippen molar-refractivity contribution < 1.29 is 14.6 Å². The molecule has 2 aromatic carbocycles. The molecule has 150 valence electrons. The van der Waals surface area contributed by atoms with Gasteiger partial charge in [-0.1, -0.05) is 36.4 Å². The molecule has 0 aliphatic carbocycles. The van der Waals surface area contributed by atoms with Gasteiger partial charge in [-0.25, -0.2) is 0 Å². The Morgan fingerprint density at radius 1 is 1.07 bits per heavy atom. The summed E-state index contributed by atoms with van der Waals surface area (Å²) in [6.07, 6.45) is 4.23. The van der Waals surface area contributed by atoms with Crippen LogP contribution in [0.5, 0.6) is 5.75 Å². The minimum atomic E-state index is -0.719. The molecule has 4 nitrogen and oxygen atoms in total. The molecule has 0 amide bonds. The Bertz CT molecular complexity index is 751. The van der Waals surface area contributed by atoms with E-state index in [1.54, 1.807) is 0 Å². The lowest BCUT2D eigenvalue weighted by Crippen LogP contribution is -2.29. The van der Waals surface area contributed by atoms with Crippen LogP contribution >= 0.6 is 11.8 Å². The highest BCUT2D eigenvalue weighted by molar-refractivity contribution is 7.98. The van der Waals surface area contributed by atoms with Crippen LogP contribution in [0.1, 0.15) is 36.8 Å². The van der Waals surface area contributed by atoms with Crippen LogP contribution in [0.25, 0.3) is 0 Å². The monoisotopic (exact) mass is 399 g/mol. The molecule has 5 heteroatoms. The number of thioether (sulfide) groups is 1. The Labute approximate surface area is 171 Å². The lowest BCUT2D eigenvalue weighted by atomic mass is 10.1. The van der Waals surface area contributed by atoms with Crippen LogP contribution in [0.15, 0.2) is 53.4 Å². The van der Waals surface area contributed by atoms with Gasteiger partial charge in [0.05, 0.1) is 13.0 Å². The summed E-state index contributed by atoms with van der Waals surface area (Å²) in [7, 11) is 0. The third-order valence-electron chi connectivity index (χ3n) is 4.98. The number of hydrogen-bond donors (Lipinski definition) is 1. The molecule has 0 saturated heterocycles. The minimum Gasteiger partial charge on any atom is -0.493 e. The fourth-order valence-electron chi connectivity index (χ4n) is 3.41. The zero-order chi connectivity index (χ0) is 19.6. The van der Waals surface area contributed by atoms with Crippen molar-refractivity contribution in [2.24, 2.45) is 0 Å². The molecule has 2 aromatic rings. The van der Waals surface area contributed by atoms with E-state index in [-0.39, 0.29) is 6.42 Å². The van der Waals surface area contributed by atoms with E-state index in [9.17, 15) is 4.79 Å². The lowest BCUT2D eigenvalue weighted by Gasteiger charge is -2.21. The molecule has 0 fully saturated rings. The van der Waals surface area contributed by atoms with E-state index in [1.165, 1.54) is 16.0 Å². The van der Waals surface area contributed by atoms with Crippen LogP contribution in [0.4, 0.5) is 0 Å². The smallest absolute Gasteiger partial charge is 0.304 e. The maximum atomic E-state index is 10.9. The standard InChI is InChI=1S/C23H29NO3S/c25-23(26)12-15-24-13-4-5-16-27-22-17-21(11-10-20(22)9-6-14-24)28-18-19-7-2-1-3-8-19/h1-3,7-8,10-11,17H,4-6,9,12-16,18H2,(H,25,26). The SMILES string of the molecule is O=C(O)CCN1CCCCOc2cc(SCc3ccccc3)ccc2CCC1. The van der Waals surface area contributed by atoms with E-state index in [0.29, 0.717) is 13.2 Å². The highest BCUT2D eigenvalue weighted by Gasteiger charge is 2.12. The van der Waals surface area contributed by atoms with Crippen molar-refractivity contribution in [3.63, 3.8) is 0 Å². The molecule has 1 aliphatic heterocycles. The lowest BCUT2D eigenvalue weighted by molar-refractivity contribution is -0.137. The molecule has 0 unspecified atom stereocenters. The second-order valence-electron chi connectivity index (χ2n) is 7.19. The Morgan fingerprint density at radius 2 is 1.89 bits per heavy atom. The third kappa shape index (κ3) is 6.88. The van der Waals surface area contributed by atoms with Gasteiger partial charge in [0.25, 0.3) is 0 Å². The number of hydrogen-bond acceptors (Lipinski definition) is 4. The molecule has 0 radical (unpaired) electrons. The third-order valence-corrected chi connectivity index (χ3v) is 6.04. The van der Waals surface area contributed by atoms with Gasteiger partial charge >= 0.3 is 5.97 Å². The van der Waals surface area contributed by atoms with E-state index >= 15 is 0 Å². The molecule has 0 aromatic heterocycles. The van der Waals surface area contributed by atoms with Crippen LogP contribution in [-0.4, -0.2) is 42.2 Å². The number of aliphatic carboxylic acids is 1. The summed E-state index contributed by atoms with van der Waals surface area (Å²) in [5.41, 5.74) is 2.58. The summed E-state index contributed by atoms with van der Waals surface area (Å²) in [6, 6.07) is 17.1. The van der Waals surface area contributed by atoms with E-state index < -0.39 is 5.97 Å². The zero-order valence-electron chi connectivity index (χ0n) is 16.3. The van der Waals surface area contributed by atoms with Gasteiger partial charge in [-0.05, 0) is 62.0 Å². The topological polar surface area (TPSA) is 49.8 Å². The number of carbonyl (C=O) groups is 1. The Morgan fingerprint density at radius 3 is 2.71 bits per heavy atom. The van der Waals surface area contributed by atoms with Gasteiger partial charge in [0.1, 0.15) is 5.75 Å². The van der Waals surface area contributed by atoms with Crippen molar-refractivity contribution in [1.29, 1.82) is 0 Å². The number of rotatable bonds is 6. The summed E-state index contributed by atoms with van der Waals surface area (Å²) in [5, 5.41) is 8.94. The van der Waals surface area contributed by atoms with Gasteiger partial charge < -0.3 is 14.7 Å². The summed E-state index contributed by atoms with van der Waals surface area (Å²) in [6.45, 7) is 3.24. The van der Waals surface area contributed by atoms with Crippen LogP contribution in [0.2, 0.25) is 0 Å². The first-order valence-electron chi connectivity index (χ1n) is 10.1. The number of aryl methyl sites for hydroxylation is 1. The van der Waals surface area contributed by atoms with Crippen molar-refractivity contribution >= 4 is 17.7 Å². The highest BCUT2D eigenvalue weighted by Crippen LogP contribution is 2.30. The molecule has 3 rings (SSSR count). The van der Waals surface area contributed by atoms with Gasteiger partial charge in [-0.3, -0.25) is 4.79 Å². The Hall–Kier alpha value is -1.98. The van der Waals surface area contributed by atoms with Crippen LogP contribution < -0.4 is 4.74 Å². The molecule has 1 N–H and O–H groups in total. The Kier molecular flexibility index (Phi) is 8.24. The number of nitrogens with zero attached hydrogens (tertiary/aromatic N) is 1. The van der Waals surface area contributed by atoms with E-state index in [1.807, 2.05) is 17.8 Å². The van der Waals surface area contributed by atoms with Crippen molar-refractivity contribution in [3.8, 4) is 5.75 Å². The summed E-state index contributed by atoms with van der Waals surface area (Å²) < 4.78 is 6.12. The fraction of sp³-hybridized carbons (Fsp3) is 0.435. The first-order chi connectivity index (χ1) is 13.7. The molecule has 0 bridgehead atoms. The average molecular weight is 400 g/mol. The molecule has 0 atom stereocenters. The van der Waals surface area contributed by atoms with Crippen LogP contribution in [0.3, 0.4) is 0 Å². The molecule has 28 heavy (non-hydrogen) atoms. The van der Waals surface area contributed by atoms with Gasteiger partial charge in [-0.15, -0.1) is 11.8 Å². The Balaban J connectivity index is 1.60. The summed E-state index contributed by atoms with van der Waals surface area (Å²) >= 11 is 1.84. The van der Waals surface area contributed by atoms with Crippen molar-refractivity contribution in [2.75, 3.05) is 26.2 Å².